The highest BCUT2D eigenvalue weighted by Crippen LogP contribution is 2.25. The van der Waals surface area contributed by atoms with Crippen LogP contribution >= 0.6 is 0 Å². The molecule has 0 aromatic heterocycles. The summed E-state index contributed by atoms with van der Waals surface area (Å²) in [5.41, 5.74) is 0. The zero-order valence-corrected chi connectivity index (χ0v) is 10.6. The summed E-state index contributed by atoms with van der Waals surface area (Å²) in [5.74, 6) is -0.754. The van der Waals surface area contributed by atoms with Crippen molar-refractivity contribution in [3.8, 4) is 0 Å². The standard InChI is InChI=1S/C14H20O4/c1-10(5-8-14(17)18)3-2-4-12-11(9-15)6-7-13(12)16/h2-3,6-7,10-12,15H,4-5,8-9H2,1H3,(H,17,18)/t10?,11-,12-/m1/s1. The molecule has 0 aromatic carbocycles. The van der Waals surface area contributed by atoms with Crippen LogP contribution in [0.25, 0.3) is 0 Å². The number of rotatable bonds is 7. The number of carbonyl (C=O) groups is 2. The van der Waals surface area contributed by atoms with Crippen molar-refractivity contribution in [3.63, 3.8) is 0 Å². The minimum atomic E-state index is -0.786. The van der Waals surface area contributed by atoms with Crippen molar-refractivity contribution < 1.29 is 19.8 Å². The molecule has 1 aliphatic rings. The van der Waals surface area contributed by atoms with Crippen molar-refractivity contribution in [1.29, 1.82) is 0 Å². The highest BCUT2D eigenvalue weighted by molar-refractivity contribution is 5.94. The lowest BCUT2D eigenvalue weighted by molar-refractivity contribution is -0.137. The first-order valence-corrected chi connectivity index (χ1v) is 6.26. The van der Waals surface area contributed by atoms with Gasteiger partial charge in [-0.1, -0.05) is 25.2 Å². The van der Waals surface area contributed by atoms with E-state index in [1.165, 1.54) is 6.08 Å². The molecule has 100 valence electrons. The van der Waals surface area contributed by atoms with Crippen LogP contribution in [0.2, 0.25) is 0 Å². The van der Waals surface area contributed by atoms with Crippen LogP contribution in [-0.4, -0.2) is 28.6 Å². The summed E-state index contributed by atoms with van der Waals surface area (Å²) in [4.78, 5) is 21.9. The number of allylic oxidation sites excluding steroid dienone is 3. The number of carboxylic acid groups (broad SMARTS) is 1. The summed E-state index contributed by atoms with van der Waals surface area (Å²) in [7, 11) is 0. The molecular formula is C14H20O4. The highest BCUT2D eigenvalue weighted by atomic mass is 16.4. The molecule has 18 heavy (non-hydrogen) atoms. The second-order valence-corrected chi connectivity index (χ2v) is 4.79. The molecule has 1 aliphatic carbocycles. The molecule has 0 heterocycles. The molecule has 0 radical (unpaired) electrons. The van der Waals surface area contributed by atoms with Gasteiger partial charge < -0.3 is 10.2 Å². The molecule has 4 nitrogen and oxygen atoms in total. The van der Waals surface area contributed by atoms with Gasteiger partial charge in [-0.2, -0.15) is 0 Å². The SMILES string of the molecule is CC(C=CC[C@H]1C(=O)C=C[C@@H]1CO)CCC(=O)O. The van der Waals surface area contributed by atoms with E-state index in [0.29, 0.717) is 12.8 Å². The number of carbonyl (C=O) groups excluding carboxylic acids is 1. The van der Waals surface area contributed by atoms with Gasteiger partial charge in [0.15, 0.2) is 5.78 Å². The first-order chi connectivity index (χ1) is 8.54. The van der Waals surface area contributed by atoms with Crippen LogP contribution < -0.4 is 0 Å². The van der Waals surface area contributed by atoms with Gasteiger partial charge in [-0.25, -0.2) is 0 Å². The van der Waals surface area contributed by atoms with Crippen molar-refractivity contribution in [3.05, 3.63) is 24.3 Å². The molecule has 0 spiro atoms. The number of hydrogen-bond acceptors (Lipinski definition) is 3. The Labute approximate surface area is 107 Å². The van der Waals surface area contributed by atoms with E-state index in [-0.39, 0.29) is 36.6 Å². The van der Waals surface area contributed by atoms with Gasteiger partial charge in [-0.05, 0) is 24.8 Å². The van der Waals surface area contributed by atoms with Crippen LogP contribution in [0, 0.1) is 17.8 Å². The minimum absolute atomic E-state index is 0.00465. The Morgan fingerprint density at radius 2 is 2.28 bits per heavy atom. The van der Waals surface area contributed by atoms with Crippen LogP contribution in [-0.2, 0) is 9.59 Å². The molecule has 0 fully saturated rings. The fraction of sp³-hybridized carbons (Fsp3) is 0.571. The molecule has 1 unspecified atom stereocenters. The number of aliphatic hydroxyl groups is 1. The van der Waals surface area contributed by atoms with E-state index < -0.39 is 5.97 Å². The lowest BCUT2D eigenvalue weighted by Crippen LogP contribution is -2.17. The van der Waals surface area contributed by atoms with Crippen LogP contribution in [0.3, 0.4) is 0 Å². The lowest BCUT2D eigenvalue weighted by atomic mass is 9.91. The third-order valence-electron chi connectivity index (χ3n) is 3.27. The van der Waals surface area contributed by atoms with Crippen LogP contribution in [0.5, 0.6) is 0 Å². The molecule has 0 amide bonds. The van der Waals surface area contributed by atoms with Crippen LogP contribution in [0.15, 0.2) is 24.3 Å². The zero-order valence-electron chi connectivity index (χ0n) is 10.6. The van der Waals surface area contributed by atoms with E-state index in [1.54, 1.807) is 6.08 Å². The van der Waals surface area contributed by atoms with E-state index in [0.717, 1.165) is 0 Å². The summed E-state index contributed by atoms with van der Waals surface area (Å²) in [6, 6.07) is 0. The Bertz CT molecular complexity index is 357. The van der Waals surface area contributed by atoms with Crippen molar-refractivity contribution in [2.75, 3.05) is 6.61 Å². The maximum absolute atomic E-state index is 11.5. The number of aliphatic hydroxyl groups excluding tert-OH is 1. The molecule has 0 aliphatic heterocycles. The Kier molecular flexibility index (Phi) is 5.78. The average Bonchev–Trinajstić information content (AvgIpc) is 2.68. The molecule has 1 rings (SSSR count). The second kappa shape index (κ2) is 7.11. The fourth-order valence-corrected chi connectivity index (χ4v) is 2.07. The van der Waals surface area contributed by atoms with E-state index in [9.17, 15) is 9.59 Å². The van der Waals surface area contributed by atoms with Gasteiger partial charge in [0.1, 0.15) is 0 Å². The van der Waals surface area contributed by atoms with Gasteiger partial charge in [0.25, 0.3) is 0 Å². The zero-order chi connectivity index (χ0) is 13.5. The normalized spacial score (nSPS) is 24.9. The van der Waals surface area contributed by atoms with Gasteiger partial charge in [-0.15, -0.1) is 0 Å². The molecule has 4 heteroatoms. The molecule has 0 aromatic rings. The molecule has 0 bridgehead atoms. The largest absolute Gasteiger partial charge is 0.481 e. The Hall–Kier alpha value is -1.42. The average molecular weight is 252 g/mol. The summed E-state index contributed by atoms with van der Waals surface area (Å²) in [5, 5.41) is 17.7. The van der Waals surface area contributed by atoms with Crippen LogP contribution in [0.1, 0.15) is 26.2 Å². The molecule has 2 N–H and O–H groups in total. The lowest BCUT2D eigenvalue weighted by Gasteiger charge is -2.13. The monoisotopic (exact) mass is 252 g/mol. The predicted octanol–water partition coefficient (Wildman–Crippen LogP) is 1.80. The van der Waals surface area contributed by atoms with E-state index >= 15 is 0 Å². The van der Waals surface area contributed by atoms with Crippen molar-refractivity contribution >= 4 is 11.8 Å². The van der Waals surface area contributed by atoms with E-state index in [1.807, 2.05) is 19.1 Å². The van der Waals surface area contributed by atoms with Crippen molar-refractivity contribution in [1.82, 2.24) is 0 Å². The summed E-state index contributed by atoms with van der Waals surface area (Å²) in [6.07, 6.45) is 8.53. The van der Waals surface area contributed by atoms with E-state index in [2.05, 4.69) is 0 Å². The maximum Gasteiger partial charge on any atom is 0.303 e. The Morgan fingerprint density at radius 1 is 1.56 bits per heavy atom. The smallest absolute Gasteiger partial charge is 0.303 e. The van der Waals surface area contributed by atoms with Gasteiger partial charge in [-0.3, -0.25) is 9.59 Å². The Balaban J connectivity index is 2.35. The molecule has 3 atom stereocenters. The van der Waals surface area contributed by atoms with Crippen molar-refractivity contribution in [2.24, 2.45) is 17.8 Å². The first kappa shape index (κ1) is 14.6. The summed E-state index contributed by atoms with van der Waals surface area (Å²) in [6.45, 7) is 1.95. The molecule has 0 saturated heterocycles. The third kappa shape index (κ3) is 4.45. The fourth-order valence-electron chi connectivity index (χ4n) is 2.07. The van der Waals surface area contributed by atoms with Crippen molar-refractivity contribution in [2.45, 2.75) is 26.2 Å². The minimum Gasteiger partial charge on any atom is -0.481 e. The first-order valence-electron chi connectivity index (χ1n) is 6.26. The Morgan fingerprint density at radius 3 is 2.89 bits per heavy atom. The number of hydrogen-bond donors (Lipinski definition) is 2. The topological polar surface area (TPSA) is 74.6 Å². The van der Waals surface area contributed by atoms with Gasteiger partial charge in [0.2, 0.25) is 0 Å². The highest BCUT2D eigenvalue weighted by Gasteiger charge is 2.28. The van der Waals surface area contributed by atoms with E-state index in [4.69, 9.17) is 10.2 Å². The number of ketones is 1. The summed E-state index contributed by atoms with van der Waals surface area (Å²) >= 11 is 0. The maximum atomic E-state index is 11.5. The van der Waals surface area contributed by atoms with Gasteiger partial charge >= 0.3 is 5.97 Å². The van der Waals surface area contributed by atoms with Gasteiger partial charge in [0.05, 0.1) is 6.61 Å². The second-order valence-electron chi connectivity index (χ2n) is 4.79. The molecule has 0 saturated carbocycles. The van der Waals surface area contributed by atoms with Gasteiger partial charge in [0, 0.05) is 18.3 Å². The number of carboxylic acids is 1. The third-order valence-corrected chi connectivity index (χ3v) is 3.27. The quantitative estimate of drug-likeness (QED) is 0.677. The summed E-state index contributed by atoms with van der Waals surface area (Å²) < 4.78 is 0. The van der Waals surface area contributed by atoms with Crippen LogP contribution in [0.4, 0.5) is 0 Å². The predicted molar refractivity (Wildman–Crippen MR) is 68.0 cm³/mol. The molecular weight excluding hydrogens is 232 g/mol. The number of aliphatic carboxylic acids is 1.